The van der Waals surface area contributed by atoms with Crippen LogP contribution in [0.3, 0.4) is 0 Å². The molecule has 200 valence electrons. The molecule has 4 heterocycles. The number of hydrogen-bond donors (Lipinski definition) is 1. The number of morpholine rings is 1. The van der Waals surface area contributed by atoms with E-state index in [1.807, 2.05) is 36.4 Å². The molecule has 0 radical (unpaired) electrons. The van der Waals surface area contributed by atoms with E-state index < -0.39 is 0 Å². The quantitative estimate of drug-likeness (QED) is 0.426. The third-order valence-corrected chi connectivity index (χ3v) is 6.71. The Morgan fingerprint density at radius 1 is 0.895 bits per heavy atom. The first-order valence-corrected chi connectivity index (χ1v) is 12.7. The molecule has 38 heavy (non-hydrogen) atoms. The molecule has 11 nitrogen and oxygen atoms in total. The van der Waals surface area contributed by atoms with Crippen LogP contribution in [-0.2, 0) is 24.4 Å². The maximum Gasteiger partial charge on any atom is 0.273 e. The van der Waals surface area contributed by atoms with Crippen LogP contribution >= 0.6 is 0 Å². The number of rotatable bonds is 10. The number of nitrogens with one attached hydrogen (secondary N) is 1. The third kappa shape index (κ3) is 5.85. The molecule has 0 aliphatic carbocycles. The van der Waals surface area contributed by atoms with Crippen molar-refractivity contribution in [3.63, 3.8) is 0 Å². The summed E-state index contributed by atoms with van der Waals surface area (Å²) < 4.78 is 32.9. The highest BCUT2D eigenvalue weighted by Crippen LogP contribution is 2.33. The van der Waals surface area contributed by atoms with Crippen molar-refractivity contribution in [1.82, 2.24) is 20.1 Å². The van der Waals surface area contributed by atoms with Gasteiger partial charge >= 0.3 is 0 Å². The van der Waals surface area contributed by atoms with Gasteiger partial charge in [0.05, 0.1) is 19.8 Å². The molecule has 2 aromatic carbocycles. The summed E-state index contributed by atoms with van der Waals surface area (Å²) in [6.45, 7) is 7.01. The molecule has 6 rings (SSSR count). The molecule has 0 unspecified atom stereocenters. The third-order valence-electron chi connectivity index (χ3n) is 6.71. The van der Waals surface area contributed by atoms with E-state index in [9.17, 15) is 4.79 Å². The first-order chi connectivity index (χ1) is 18.7. The molecule has 3 aromatic rings. The van der Waals surface area contributed by atoms with Crippen molar-refractivity contribution in [2.24, 2.45) is 0 Å². The summed E-state index contributed by atoms with van der Waals surface area (Å²) in [7, 11) is 0. The summed E-state index contributed by atoms with van der Waals surface area (Å²) in [5, 5.41) is 2.89. The summed E-state index contributed by atoms with van der Waals surface area (Å²) in [6.07, 6.45) is 1.41. The number of benzene rings is 2. The lowest BCUT2D eigenvalue weighted by atomic mass is 10.2. The molecule has 0 atom stereocenters. The molecule has 0 saturated carbocycles. The SMILES string of the molecule is O=C(NCc1ccc2c(c1)OCO2)c1coc(CN(CCN2CCOCC2)Cc2ccc3c(c2)OCO3)n1. The topological polar surface area (TPSA) is 108 Å². The van der Waals surface area contributed by atoms with Crippen LogP contribution in [0.25, 0.3) is 0 Å². The molecule has 1 amide bonds. The van der Waals surface area contributed by atoms with Gasteiger partial charge in [-0.05, 0) is 35.4 Å². The number of oxazole rings is 1. The minimum absolute atomic E-state index is 0.213. The second kappa shape index (κ2) is 11.3. The number of aromatic nitrogens is 1. The van der Waals surface area contributed by atoms with Crippen molar-refractivity contribution in [3.8, 4) is 23.0 Å². The lowest BCUT2D eigenvalue weighted by Crippen LogP contribution is -2.41. The van der Waals surface area contributed by atoms with E-state index in [1.165, 1.54) is 6.26 Å². The fraction of sp³-hybridized carbons (Fsp3) is 0.407. The molecule has 1 aromatic heterocycles. The molecular weight excluding hydrogens is 492 g/mol. The van der Waals surface area contributed by atoms with Gasteiger partial charge in [0.25, 0.3) is 5.91 Å². The van der Waals surface area contributed by atoms with Crippen LogP contribution in [-0.4, -0.2) is 73.7 Å². The number of carbonyl (C=O) groups excluding carboxylic acids is 1. The van der Waals surface area contributed by atoms with Gasteiger partial charge in [-0.15, -0.1) is 0 Å². The average molecular weight is 523 g/mol. The Morgan fingerprint density at radius 2 is 1.58 bits per heavy atom. The largest absolute Gasteiger partial charge is 0.454 e. The Bertz CT molecular complexity index is 1270. The van der Waals surface area contributed by atoms with E-state index >= 15 is 0 Å². The second-order valence-electron chi connectivity index (χ2n) is 9.35. The number of carbonyl (C=O) groups is 1. The Hall–Kier alpha value is -3.80. The predicted octanol–water partition coefficient (Wildman–Crippen LogP) is 2.40. The van der Waals surface area contributed by atoms with Gasteiger partial charge in [0.15, 0.2) is 28.7 Å². The highest BCUT2D eigenvalue weighted by Gasteiger charge is 2.20. The summed E-state index contributed by atoms with van der Waals surface area (Å²) in [5.41, 5.74) is 2.26. The predicted molar refractivity (Wildman–Crippen MR) is 134 cm³/mol. The van der Waals surface area contributed by atoms with Crippen molar-refractivity contribution in [1.29, 1.82) is 0 Å². The van der Waals surface area contributed by atoms with E-state index in [-0.39, 0.29) is 25.2 Å². The maximum absolute atomic E-state index is 12.7. The number of nitrogens with zero attached hydrogens (tertiary/aromatic N) is 3. The van der Waals surface area contributed by atoms with Gasteiger partial charge in [0, 0.05) is 39.3 Å². The van der Waals surface area contributed by atoms with Gasteiger partial charge < -0.3 is 33.4 Å². The zero-order chi connectivity index (χ0) is 25.7. The fourth-order valence-corrected chi connectivity index (χ4v) is 4.62. The molecule has 11 heteroatoms. The standard InChI is InChI=1S/C27H30N4O7/c32-27(28-13-19-1-3-22-24(11-19)37-17-35-22)21-16-34-26(29-21)15-31(6-5-30-7-9-33-10-8-30)14-20-2-4-23-25(12-20)38-18-36-23/h1-4,11-12,16H,5-10,13-15,17-18H2,(H,28,32). The number of fused-ring (bicyclic) bond motifs is 2. The molecule has 1 saturated heterocycles. The van der Waals surface area contributed by atoms with E-state index in [2.05, 4.69) is 20.1 Å². The van der Waals surface area contributed by atoms with Gasteiger partial charge in [-0.25, -0.2) is 4.98 Å². The van der Waals surface area contributed by atoms with Gasteiger partial charge in [0.1, 0.15) is 6.26 Å². The average Bonchev–Trinajstić information content (AvgIpc) is 3.71. The summed E-state index contributed by atoms with van der Waals surface area (Å²) in [6, 6.07) is 11.6. The fourth-order valence-electron chi connectivity index (χ4n) is 4.62. The lowest BCUT2D eigenvalue weighted by molar-refractivity contribution is 0.0320. The zero-order valence-corrected chi connectivity index (χ0v) is 21.0. The van der Waals surface area contributed by atoms with Crippen LogP contribution in [0.2, 0.25) is 0 Å². The molecular formula is C27H30N4O7. The van der Waals surface area contributed by atoms with Crippen molar-refractivity contribution in [2.75, 3.05) is 53.0 Å². The van der Waals surface area contributed by atoms with E-state index in [4.69, 9.17) is 28.1 Å². The van der Waals surface area contributed by atoms with Crippen LogP contribution in [0, 0.1) is 0 Å². The summed E-state index contributed by atoms with van der Waals surface area (Å²) in [5.74, 6) is 3.10. The van der Waals surface area contributed by atoms with E-state index in [1.54, 1.807) is 0 Å². The van der Waals surface area contributed by atoms with E-state index in [0.29, 0.717) is 37.0 Å². The van der Waals surface area contributed by atoms with Crippen molar-refractivity contribution >= 4 is 5.91 Å². The summed E-state index contributed by atoms with van der Waals surface area (Å²) >= 11 is 0. The Kier molecular flexibility index (Phi) is 7.29. The normalized spacial score (nSPS) is 16.2. The number of hydrogen-bond acceptors (Lipinski definition) is 10. The molecule has 1 fully saturated rings. The van der Waals surface area contributed by atoms with Crippen LogP contribution in [0.4, 0.5) is 0 Å². The monoisotopic (exact) mass is 522 g/mol. The van der Waals surface area contributed by atoms with Gasteiger partial charge in [0.2, 0.25) is 19.5 Å². The molecule has 0 bridgehead atoms. The first-order valence-electron chi connectivity index (χ1n) is 12.7. The van der Waals surface area contributed by atoms with E-state index in [0.717, 1.165) is 62.0 Å². The molecule has 3 aliphatic heterocycles. The van der Waals surface area contributed by atoms with Crippen molar-refractivity contribution in [2.45, 2.75) is 19.6 Å². The molecule has 3 aliphatic rings. The number of amides is 1. The van der Waals surface area contributed by atoms with Crippen LogP contribution < -0.4 is 24.3 Å². The maximum atomic E-state index is 12.7. The zero-order valence-electron chi connectivity index (χ0n) is 21.0. The van der Waals surface area contributed by atoms with Gasteiger partial charge in [-0.1, -0.05) is 12.1 Å². The lowest BCUT2D eigenvalue weighted by Gasteiger charge is -2.29. The minimum Gasteiger partial charge on any atom is -0.454 e. The number of ether oxygens (including phenoxy) is 5. The molecule has 0 spiro atoms. The van der Waals surface area contributed by atoms with Crippen LogP contribution in [0.1, 0.15) is 27.5 Å². The second-order valence-corrected chi connectivity index (χ2v) is 9.35. The van der Waals surface area contributed by atoms with Crippen LogP contribution in [0.5, 0.6) is 23.0 Å². The Morgan fingerprint density at radius 3 is 2.34 bits per heavy atom. The van der Waals surface area contributed by atoms with Gasteiger partial charge in [-0.2, -0.15) is 0 Å². The van der Waals surface area contributed by atoms with Gasteiger partial charge in [-0.3, -0.25) is 14.6 Å². The Balaban J connectivity index is 1.08. The minimum atomic E-state index is -0.298. The highest BCUT2D eigenvalue weighted by molar-refractivity contribution is 5.91. The first kappa shape index (κ1) is 24.5. The summed E-state index contributed by atoms with van der Waals surface area (Å²) in [4.78, 5) is 21.9. The highest BCUT2D eigenvalue weighted by atomic mass is 16.7. The van der Waals surface area contributed by atoms with Crippen LogP contribution in [0.15, 0.2) is 47.1 Å². The smallest absolute Gasteiger partial charge is 0.273 e. The van der Waals surface area contributed by atoms with Crippen molar-refractivity contribution < 1.29 is 32.9 Å². The Labute approximate surface area is 220 Å². The molecule has 1 N–H and O–H groups in total. The van der Waals surface area contributed by atoms with Crippen molar-refractivity contribution in [3.05, 3.63) is 65.4 Å².